The summed E-state index contributed by atoms with van der Waals surface area (Å²) in [4.78, 5) is 11.1. The largest absolute Gasteiger partial charge is 0.380 e. The second-order valence-electron chi connectivity index (χ2n) is 11.0. The smallest absolute Gasteiger partial charge is 0.136 e. The first-order chi connectivity index (χ1) is 20.3. The Kier molecular flexibility index (Phi) is 7.59. The highest BCUT2D eigenvalue weighted by Gasteiger charge is 2.39. The number of hydrogen-bond donors (Lipinski definition) is 2. The molecule has 0 aliphatic carbocycles. The Morgan fingerprint density at radius 1 is 1.19 bits per heavy atom. The molecule has 2 fully saturated rings. The van der Waals surface area contributed by atoms with Crippen molar-refractivity contribution in [1.82, 2.24) is 19.6 Å². The highest BCUT2D eigenvalue weighted by molar-refractivity contribution is 5.64. The molecule has 2 saturated heterocycles. The van der Waals surface area contributed by atoms with Gasteiger partial charge in [-0.15, -0.1) is 0 Å². The van der Waals surface area contributed by atoms with E-state index in [0.717, 1.165) is 23.4 Å². The highest BCUT2D eigenvalue weighted by Crippen LogP contribution is 2.34. The molecule has 6 rings (SSSR count). The van der Waals surface area contributed by atoms with E-state index in [1.807, 2.05) is 6.07 Å². The van der Waals surface area contributed by atoms with Crippen molar-refractivity contribution in [3.8, 4) is 17.3 Å². The number of nitrogens with zero attached hydrogens (tertiary/aromatic N) is 6. The molecule has 3 aromatic heterocycles. The second kappa shape index (κ2) is 11.3. The topological polar surface area (TPSA) is 135 Å². The number of anilines is 1. The number of ether oxygens (including phenoxy) is 2. The van der Waals surface area contributed by atoms with Crippen molar-refractivity contribution in [3.63, 3.8) is 0 Å². The first kappa shape index (κ1) is 28.1. The van der Waals surface area contributed by atoms with Crippen LogP contribution in [0.2, 0.25) is 0 Å². The van der Waals surface area contributed by atoms with Gasteiger partial charge in [-0.1, -0.05) is 6.92 Å². The molecule has 42 heavy (non-hydrogen) atoms. The van der Waals surface area contributed by atoms with Crippen molar-refractivity contribution >= 4 is 11.2 Å². The molecule has 5 heterocycles. The molecule has 0 unspecified atom stereocenters. The number of nitrogens with two attached hydrogens (primary N) is 1. The lowest BCUT2D eigenvalue weighted by Gasteiger charge is -2.42. The van der Waals surface area contributed by atoms with Crippen LogP contribution in [0.4, 0.5) is 14.5 Å². The van der Waals surface area contributed by atoms with E-state index >= 15 is 8.78 Å². The van der Waals surface area contributed by atoms with E-state index in [1.54, 1.807) is 35.2 Å². The minimum absolute atomic E-state index is 0.0108. The number of benzene rings is 1. The number of rotatable bonds is 8. The van der Waals surface area contributed by atoms with E-state index in [9.17, 15) is 5.11 Å². The van der Waals surface area contributed by atoms with Gasteiger partial charge in [0.05, 0.1) is 61.4 Å². The number of piperidine rings is 1. The third kappa shape index (κ3) is 5.20. The molecule has 218 valence electrons. The Morgan fingerprint density at radius 2 is 1.98 bits per heavy atom. The van der Waals surface area contributed by atoms with Crippen molar-refractivity contribution in [3.05, 3.63) is 77.5 Å². The van der Waals surface area contributed by atoms with Crippen molar-refractivity contribution in [1.29, 1.82) is 5.26 Å². The lowest BCUT2D eigenvalue weighted by molar-refractivity contribution is -0.184. The van der Waals surface area contributed by atoms with E-state index in [-0.39, 0.29) is 48.1 Å². The average molecular weight is 576 g/mol. The molecule has 3 atom stereocenters. The zero-order valence-corrected chi connectivity index (χ0v) is 23.1. The standard InChI is InChI=1S/C30H31F2N7O3/c1-18-14-38(15-24(34)29(18)42-8-2-6-33)26-5-7-35-12-19(26)9-27-36-13-21-3-4-25(37-39(21)27)28-22(31)10-20(11-23(28)32)30(40)16-41-17-30/h3-5,7,10-13,18,24,29,40H,2,8-9,14-17,34H2,1H3/t18-,24+,29-/m0/s1. The summed E-state index contributed by atoms with van der Waals surface area (Å²) in [5, 5.41) is 23.9. The van der Waals surface area contributed by atoms with Crippen LogP contribution >= 0.6 is 0 Å². The highest BCUT2D eigenvalue weighted by atomic mass is 19.1. The van der Waals surface area contributed by atoms with Crippen LogP contribution in [-0.4, -0.2) is 69.7 Å². The number of nitriles is 1. The number of hydrogen-bond acceptors (Lipinski definition) is 9. The van der Waals surface area contributed by atoms with Crippen LogP contribution in [0, 0.1) is 28.9 Å². The average Bonchev–Trinajstić information content (AvgIpc) is 3.35. The quantitative estimate of drug-likeness (QED) is 0.304. The van der Waals surface area contributed by atoms with Gasteiger partial charge in [-0.05, 0) is 35.9 Å². The van der Waals surface area contributed by atoms with Crippen LogP contribution in [0.15, 0.2) is 48.9 Å². The van der Waals surface area contributed by atoms with Crippen molar-refractivity contribution in [2.24, 2.45) is 11.7 Å². The third-order valence-corrected chi connectivity index (χ3v) is 7.99. The molecule has 12 heteroatoms. The molecule has 2 aliphatic heterocycles. The Balaban J connectivity index is 1.27. The summed E-state index contributed by atoms with van der Waals surface area (Å²) in [5.41, 5.74) is 7.60. The van der Waals surface area contributed by atoms with Crippen LogP contribution in [0.25, 0.3) is 16.8 Å². The third-order valence-electron chi connectivity index (χ3n) is 7.99. The molecule has 0 bridgehead atoms. The van der Waals surface area contributed by atoms with Crippen LogP contribution in [0.1, 0.15) is 30.3 Å². The number of aliphatic hydroxyl groups is 1. The van der Waals surface area contributed by atoms with Crippen LogP contribution in [-0.2, 0) is 21.5 Å². The lowest BCUT2D eigenvalue weighted by atomic mass is 9.90. The first-order valence-corrected chi connectivity index (χ1v) is 13.8. The normalized spacial score (nSPS) is 21.7. The van der Waals surface area contributed by atoms with Crippen molar-refractivity contribution < 1.29 is 23.4 Å². The van der Waals surface area contributed by atoms with Gasteiger partial charge in [-0.25, -0.2) is 18.3 Å². The number of imidazole rings is 1. The number of aromatic nitrogens is 4. The van der Waals surface area contributed by atoms with E-state index in [4.69, 9.17) is 20.5 Å². The monoisotopic (exact) mass is 575 g/mol. The first-order valence-electron chi connectivity index (χ1n) is 13.8. The number of fused-ring (bicyclic) bond motifs is 1. The number of halogens is 2. The van der Waals surface area contributed by atoms with Gasteiger partial charge in [-0.2, -0.15) is 10.4 Å². The zero-order chi connectivity index (χ0) is 29.4. The fourth-order valence-electron chi connectivity index (χ4n) is 5.80. The molecule has 0 spiro atoms. The van der Waals surface area contributed by atoms with E-state index in [2.05, 4.69) is 33.0 Å². The van der Waals surface area contributed by atoms with Gasteiger partial charge in [0, 0.05) is 55.1 Å². The van der Waals surface area contributed by atoms with Gasteiger partial charge in [-0.3, -0.25) is 4.98 Å². The predicted octanol–water partition coefficient (Wildman–Crippen LogP) is 2.96. The number of pyridine rings is 1. The minimum atomic E-state index is -1.39. The lowest BCUT2D eigenvalue weighted by Crippen LogP contribution is -2.57. The molecule has 3 N–H and O–H groups in total. The summed E-state index contributed by atoms with van der Waals surface area (Å²) < 4.78 is 42.9. The molecular weight excluding hydrogens is 544 g/mol. The SMILES string of the molecule is C[C@H]1CN(c2ccncc2Cc2ncc3ccc(-c4c(F)cc(C5(O)COC5)cc4F)nn23)C[C@@H](N)[C@H]1OCCC#N. The summed E-state index contributed by atoms with van der Waals surface area (Å²) in [6.07, 6.45) is 5.72. The molecular formula is C30H31F2N7O3. The van der Waals surface area contributed by atoms with Gasteiger partial charge in [0.2, 0.25) is 0 Å². The Morgan fingerprint density at radius 3 is 2.67 bits per heavy atom. The van der Waals surface area contributed by atoms with Gasteiger partial charge in [0.25, 0.3) is 0 Å². The fraction of sp³-hybridized carbons (Fsp3) is 0.400. The predicted molar refractivity (Wildman–Crippen MR) is 149 cm³/mol. The maximum atomic E-state index is 15.2. The molecule has 4 aromatic rings. The molecule has 10 nitrogen and oxygen atoms in total. The summed E-state index contributed by atoms with van der Waals surface area (Å²) in [6, 6.07) is 9.32. The van der Waals surface area contributed by atoms with Gasteiger partial charge in [0.1, 0.15) is 23.1 Å². The summed E-state index contributed by atoms with van der Waals surface area (Å²) in [7, 11) is 0. The molecule has 2 aliphatic rings. The van der Waals surface area contributed by atoms with E-state index in [0.29, 0.717) is 43.9 Å². The van der Waals surface area contributed by atoms with Gasteiger partial charge >= 0.3 is 0 Å². The second-order valence-corrected chi connectivity index (χ2v) is 11.0. The zero-order valence-electron chi connectivity index (χ0n) is 23.1. The van der Waals surface area contributed by atoms with Gasteiger partial charge < -0.3 is 25.2 Å². The van der Waals surface area contributed by atoms with Gasteiger partial charge in [0.15, 0.2) is 0 Å². The Bertz CT molecular complexity index is 1620. The van der Waals surface area contributed by atoms with Crippen LogP contribution in [0.5, 0.6) is 0 Å². The summed E-state index contributed by atoms with van der Waals surface area (Å²) in [6.45, 7) is 3.70. The van der Waals surface area contributed by atoms with Crippen molar-refractivity contribution in [2.75, 3.05) is 37.8 Å². The maximum Gasteiger partial charge on any atom is 0.136 e. The van der Waals surface area contributed by atoms with Crippen LogP contribution < -0.4 is 10.6 Å². The maximum absolute atomic E-state index is 15.2. The fourth-order valence-corrected chi connectivity index (χ4v) is 5.80. The Hall–Kier alpha value is -4.02. The van der Waals surface area contributed by atoms with Crippen molar-refractivity contribution in [2.45, 2.75) is 37.5 Å². The van der Waals surface area contributed by atoms with Crippen LogP contribution in [0.3, 0.4) is 0 Å². The van der Waals surface area contributed by atoms with E-state index in [1.165, 1.54) is 0 Å². The molecule has 0 saturated carbocycles. The Labute approximate surface area is 241 Å². The molecule has 0 radical (unpaired) electrons. The minimum Gasteiger partial charge on any atom is -0.380 e. The molecule has 0 amide bonds. The molecule has 1 aromatic carbocycles. The summed E-state index contributed by atoms with van der Waals surface area (Å²) >= 11 is 0. The van der Waals surface area contributed by atoms with E-state index < -0.39 is 17.2 Å². The summed E-state index contributed by atoms with van der Waals surface area (Å²) in [5.74, 6) is -0.928.